The molecule has 1 aliphatic rings. The Kier molecular flexibility index (Phi) is 7.83. The summed E-state index contributed by atoms with van der Waals surface area (Å²) in [4.78, 5) is 0.364. The number of rotatable bonds is 8. The summed E-state index contributed by atoms with van der Waals surface area (Å²) >= 11 is 0. The first-order chi connectivity index (χ1) is 12.6. The Labute approximate surface area is 163 Å². The number of aryl methyl sites for hydroxylation is 3. The van der Waals surface area contributed by atoms with Crippen LogP contribution < -0.4 is 10.0 Å². The predicted molar refractivity (Wildman–Crippen MR) is 107 cm³/mol. The van der Waals surface area contributed by atoms with Crippen LogP contribution in [0.3, 0.4) is 0 Å². The van der Waals surface area contributed by atoms with Crippen molar-refractivity contribution in [1.82, 2.24) is 10.0 Å². The van der Waals surface area contributed by atoms with Gasteiger partial charge in [0.1, 0.15) is 0 Å². The molecule has 1 aromatic rings. The lowest BCUT2D eigenvalue weighted by molar-refractivity contribution is -0.142. The summed E-state index contributed by atoms with van der Waals surface area (Å²) < 4.78 is 34.3. The Morgan fingerprint density at radius 2 is 1.85 bits per heavy atom. The van der Waals surface area contributed by atoms with E-state index >= 15 is 0 Å². The van der Waals surface area contributed by atoms with Crippen LogP contribution in [0, 0.1) is 26.7 Å². The Morgan fingerprint density at radius 3 is 2.41 bits per heavy atom. The van der Waals surface area contributed by atoms with Crippen molar-refractivity contribution in [3.8, 4) is 0 Å². The number of aliphatic hydroxyl groups excluding tert-OH is 1. The minimum atomic E-state index is -3.63. The van der Waals surface area contributed by atoms with Gasteiger partial charge < -0.3 is 15.2 Å². The van der Waals surface area contributed by atoms with E-state index in [0.717, 1.165) is 29.5 Å². The lowest BCUT2D eigenvalue weighted by Gasteiger charge is -2.31. The molecule has 0 bridgehead atoms. The molecule has 0 amide bonds. The average Bonchev–Trinajstić information content (AvgIpc) is 2.51. The third-order valence-corrected chi connectivity index (χ3v) is 6.69. The maximum atomic E-state index is 13.1. The van der Waals surface area contributed by atoms with Crippen LogP contribution >= 0.6 is 0 Å². The maximum absolute atomic E-state index is 13.1. The fraction of sp³-hybridized carbons (Fsp3) is 0.700. The van der Waals surface area contributed by atoms with Crippen LogP contribution in [0.2, 0.25) is 0 Å². The molecule has 1 saturated heterocycles. The van der Waals surface area contributed by atoms with Gasteiger partial charge in [0, 0.05) is 19.2 Å². The molecule has 1 heterocycles. The van der Waals surface area contributed by atoms with Gasteiger partial charge in [0.25, 0.3) is 0 Å². The van der Waals surface area contributed by atoms with Crippen molar-refractivity contribution >= 4 is 10.0 Å². The number of ether oxygens (including phenoxy) is 1. The highest BCUT2D eigenvalue weighted by atomic mass is 32.2. The molecule has 1 fully saturated rings. The number of nitrogens with one attached hydrogen (secondary N) is 2. The molecule has 3 N–H and O–H groups in total. The minimum Gasteiger partial charge on any atom is -0.367 e. The molecule has 0 saturated carbocycles. The normalized spacial score (nSPS) is 22.2. The number of hydrogen-bond donors (Lipinski definition) is 3. The van der Waals surface area contributed by atoms with Crippen molar-refractivity contribution in [3.63, 3.8) is 0 Å². The van der Waals surface area contributed by atoms with Crippen molar-refractivity contribution in [2.45, 2.75) is 77.2 Å². The highest BCUT2D eigenvalue weighted by Crippen LogP contribution is 2.22. The molecule has 1 aromatic carbocycles. The summed E-state index contributed by atoms with van der Waals surface area (Å²) in [6.07, 6.45) is 1.58. The van der Waals surface area contributed by atoms with E-state index in [1.807, 2.05) is 32.9 Å². The number of benzene rings is 1. The monoisotopic (exact) mass is 398 g/mol. The largest absolute Gasteiger partial charge is 0.367 e. The zero-order valence-corrected chi connectivity index (χ0v) is 17.9. The van der Waals surface area contributed by atoms with Crippen molar-refractivity contribution < 1.29 is 18.3 Å². The Hall–Kier alpha value is -0.990. The first-order valence-electron chi connectivity index (χ1n) is 9.73. The molecule has 6 nitrogen and oxygen atoms in total. The second-order valence-corrected chi connectivity index (χ2v) is 9.74. The zero-order chi connectivity index (χ0) is 20.2. The summed E-state index contributed by atoms with van der Waals surface area (Å²) in [5.41, 5.74) is 2.57. The summed E-state index contributed by atoms with van der Waals surface area (Å²) in [5, 5.41) is 13.2. The molecule has 2 rings (SSSR count). The van der Waals surface area contributed by atoms with Crippen LogP contribution in [0.15, 0.2) is 17.0 Å². The van der Waals surface area contributed by atoms with E-state index in [0.29, 0.717) is 30.4 Å². The van der Waals surface area contributed by atoms with Gasteiger partial charge >= 0.3 is 0 Å². The molecule has 7 heteroatoms. The first kappa shape index (κ1) is 22.3. The fourth-order valence-electron chi connectivity index (χ4n) is 3.87. The molecule has 1 aliphatic heterocycles. The summed E-state index contributed by atoms with van der Waals surface area (Å²) in [5.74, 6) is 0.340. The Morgan fingerprint density at radius 1 is 1.22 bits per heavy atom. The SMILES string of the molecule is Cc1cc(C)c(S(=O)(=O)N[C@@H](CN[C@H]2CCCOC2O)CC(C)C)c(C)c1. The molecule has 27 heavy (non-hydrogen) atoms. The highest BCUT2D eigenvalue weighted by Gasteiger charge is 2.27. The molecule has 1 unspecified atom stereocenters. The van der Waals surface area contributed by atoms with Gasteiger partial charge in [-0.1, -0.05) is 31.5 Å². The van der Waals surface area contributed by atoms with Crippen LogP contribution in [-0.4, -0.2) is 45.0 Å². The lowest BCUT2D eigenvalue weighted by Crippen LogP contribution is -2.50. The second kappa shape index (κ2) is 9.47. The third kappa shape index (κ3) is 6.26. The van der Waals surface area contributed by atoms with Gasteiger partial charge in [-0.15, -0.1) is 0 Å². The van der Waals surface area contributed by atoms with Gasteiger partial charge in [0.15, 0.2) is 6.29 Å². The molecule has 0 aliphatic carbocycles. The van der Waals surface area contributed by atoms with Gasteiger partial charge in [-0.3, -0.25) is 0 Å². The van der Waals surface area contributed by atoms with Gasteiger partial charge in [0.2, 0.25) is 10.0 Å². The Bertz CT molecular complexity index is 710. The van der Waals surface area contributed by atoms with E-state index in [-0.39, 0.29) is 12.1 Å². The summed E-state index contributed by atoms with van der Waals surface area (Å²) in [6, 6.07) is 3.37. The topological polar surface area (TPSA) is 87.7 Å². The van der Waals surface area contributed by atoms with E-state index in [9.17, 15) is 13.5 Å². The molecular weight excluding hydrogens is 364 g/mol. The maximum Gasteiger partial charge on any atom is 0.241 e. The first-order valence-corrected chi connectivity index (χ1v) is 11.2. The van der Waals surface area contributed by atoms with Gasteiger partial charge in [-0.2, -0.15) is 0 Å². The molecule has 3 atom stereocenters. The van der Waals surface area contributed by atoms with Crippen LogP contribution in [0.1, 0.15) is 49.8 Å². The van der Waals surface area contributed by atoms with Gasteiger partial charge in [-0.05, 0) is 57.1 Å². The van der Waals surface area contributed by atoms with E-state index in [1.165, 1.54) is 0 Å². The van der Waals surface area contributed by atoms with Crippen molar-refractivity contribution in [1.29, 1.82) is 0 Å². The summed E-state index contributed by atoms with van der Waals surface area (Å²) in [7, 11) is -3.63. The molecule has 0 spiro atoms. The van der Waals surface area contributed by atoms with E-state index in [1.54, 1.807) is 0 Å². The van der Waals surface area contributed by atoms with Crippen molar-refractivity contribution in [2.24, 2.45) is 5.92 Å². The predicted octanol–water partition coefficient (Wildman–Crippen LogP) is 2.39. The number of aliphatic hydroxyl groups is 1. The van der Waals surface area contributed by atoms with Crippen LogP contribution in [0.5, 0.6) is 0 Å². The van der Waals surface area contributed by atoms with E-state index < -0.39 is 16.3 Å². The van der Waals surface area contributed by atoms with Gasteiger partial charge in [-0.25, -0.2) is 13.1 Å². The van der Waals surface area contributed by atoms with E-state index in [2.05, 4.69) is 23.9 Å². The highest BCUT2D eigenvalue weighted by molar-refractivity contribution is 7.89. The zero-order valence-electron chi connectivity index (χ0n) is 17.1. The quantitative estimate of drug-likeness (QED) is 0.626. The third-order valence-electron chi connectivity index (χ3n) is 4.87. The van der Waals surface area contributed by atoms with Gasteiger partial charge in [0.05, 0.1) is 10.9 Å². The lowest BCUT2D eigenvalue weighted by atomic mass is 10.0. The second-order valence-electron chi connectivity index (χ2n) is 8.09. The molecule has 0 aromatic heterocycles. The van der Waals surface area contributed by atoms with Crippen LogP contribution in [0.4, 0.5) is 0 Å². The molecule has 154 valence electrons. The van der Waals surface area contributed by atoms with Crippen LogP contribution in [-0.2, 0) is 14.8 Å². The Balaban J connectivity index is 2.14. The standard InChI is InChI=1S/C20H34N2O4S/c1-13(2)9-17(12-21-18-7-6-8-26-20(18)23)22-27(24,25)19-15(4)10-14(3)11-16(19)5/h10-11,13,17-18,20-23H,6-9,12H2,1-5H3/t17-,18+,20?/m1/s1. The van der Waals surface area contributed by atoms with E-state index in [4.69, 9.17) is 4.74 Å². The van der Waals surface area contributed by atoms with Crippen LogP contribution in [0.25, 0.3) is 0 Å². The van der Waals surface area contributed by atoms with Crippen molar-refractivity contribution in [2.75, 3.05) is 13.2 Å². The molecule has 0 radical (unpaired) electrons. The number of hydrogen-bond acceptors (Lipinski definition) is 5. The molecular formula is C20H34N2O4S. The van der Waals surface area contributed by atoms with Crippen molar-refractivity contribution in [3.05, 3.63) is 28.8 Å². The number of sulfonamides is 1. The fourth-order valence-corrected chi connectivity index (χ4v) is 5.58. The minimum absolute atomic E-state index is 0.166. The smallest absolute Gasteiger partial charge is 0.241 e. The summed E-state index contributed by atoms with van der Waals surface area (Å²) in [6.45, 7) is 10.8. The average molecular weight is 399 g/mol.